The standard InChI is InChI=1S/C19H18F3N3O3/c1-28-13-4-2-3-12(11-13)18(26)24-7-9-25(10-8-24)19(27)23-15-6-5-14(20)16(21)17(15)22/h2-6,11H,7-10H2,1H3,(H,23,27). The van der Waals surface area contributed by atoms with Crippen molar-refractivity contribution in [3.05, 3.63) is 59.4 Å². The van der Waals surface area contributed by atoms with Crippen molar-refractivity contribution < 1.29 is 27.5 Å². The van der Waals surface area contributed by atoms with Gasteiger partial charge in [-0.25, -0.2) is 18.0 Å². The van der Waals surface area contributed by atoms with E-state index < -0.39 is 29.2 Å². The number of hydrogen-bond acceptors (Lipinski definition) is 3. The normalized spacial score (nSPS) is 14.0. The van der Waals surface area contributed by atoms with E-state index in [-0.39, 0.29) is 32.1 Å². The first-order chi connectivity index (χ1) is 13.4. The quantitative estimate of drug-likeness (QED) is 0.816. The summed E-state index contributed by atoms with van der Waals surface area (Å²) in [5.74, 6) is -4.06. The number of hydrogen-bond donors (Lipinski definition) is 1. The van der Waals surface area contributed by atoms with Gasteiger partial charge in [0.25, 0.3) is 5.91 Å². The molecule has 6 nitrogen and oxygen atoms in total. The van der Waals surface area contributed by atoms with Crippen LogP contribution in [0.4, 0.5) is 23.7 Å². The Morgan fingerprint density at radius 1 is 0.964 bits per heavy atom. The van der Waals surface area contributed by atoms with Gasteiger partial charge in [-0.05, 0) is 30.3 Å². The van der Waals surface area contributed by atoms with E-state index in [1.807, 2.05) is 0 Å². The van der Waals surface area contributed by atoms with Gasteiger partial charge < -0.3 is 19.9 Å². The molecule has 1 saturated heterocycles. The summed E-state index contributed by atoms with van der Waals surface area (Å²) in [6.07, 6.45) is 0. The number of piperazine rings is 1. The zero-order valence-corrected chi connectivity index (χ0v) is 15.0. The Balaban J connectivity index is 1.59. The van der Waals surface area contributed by atoms with Gasteiger partial charge in [-0.15, -0.1) is 0 Å². The number of halogens is 3. The van der Waals surface area contributed by atoms with E-state index in [2.05, 4.69) is 5.32 Å². The number of anilines is 1. The highest BCUT2D eigenvalue weighted by Crippen LogP contribution is 2.20. The number of nitrogens with zero attached hydrogens (tertiary/aromatic N) is 2. The van der Waals surface area contributed by atoms with Crippen molar-refractivity contribution in [2.75, 3.05) is 38.6 Å². The van der Waals surface area contributed by atoms with Crippen LogP contribution in [0, 0.1) is 17.5 Å². The highest BCUT2D eigenvalue weighted by molar-refractivity contribution is 5.95. The number of carbonyl (C=O) groups excluding carboxylic acids is 2. The Hall–Kier alpha value is -3.23. The number of urea groups is 1. The van der Waals surface area contributed by atoms with Gasteiger partial charge in [0.2, 0.25) is 0 Å². The molecule has 148 valence electrons. The Morgan fingerprint density at radius 2 is 1.64 bits per heavy atom. The average Bonchev–Trinajstić information content (AvgIpc) is 2.73. The molecule has 1 N–H and O–H groups in total. The van der Waals surface area contributed by atoms with Gasteiger partial charge in [0.15, 0.2) is 17.5 Å². The van der Waals surface area contributed by atoms with Crippen molar-refractivity contribution in [3.63, 3.8) is 0 Å². The van der Waals surface area contributed by atoms with Crippen LogP contribution >= 0.6 is 0 Å². The molecule has 2 aromatic rings. The van der Waals surface area contributed by atoms with Gasteiger partial charge in [-0.2, -0.15) is 0 Å². The molecule has 0 radical (unpaired) electrons. The SMILES string of the molecule is COc1cccc(C(=O)N2CCN(C(=O)Nc3ccc(F)c(F)c3F)CC2)c1. The molecule has 3 rings (SSSR count). The number of methoxy groups -OCH3 is 1. The molecule has 3 amide bonds. The number of rotatable bonds is 3. The number of amides is 3. The lowest BCUT2D eigenvalue weighted by molar-refractivity contribution is 0.0671. The first-order valence-electron chi connectivity index (χ1n) is 8.53. The summed E-state index contributed by atoms with van der Waals surface area (Å²) in [4.78, 5) is 27.8. The van der Waals surface area contributed by atoms with Gasteiger partial charge in [0.1, 0.15) is 5.75 Å². The van der Waals surface area contributed by atoms with Crippen molar-refractivity contribution in [3.8, 4) is 5.75 Å². The maximum absolute atomic E-state index is 13.7. The lowest BCUT2D eigenvalue weighted by atomic mass is 10.1. The second-order valence-electron chi connectivity index (χ2n) is 6.16. The van der Waals surface area contributed by atoms with E-state index >= 15 is 0 Å². The molecule has 1 fully saturated rings. The zero-order valence-electron chi connectivity index (χ0n) is 15.0. The summed E-state index contributed by atoms with van der Waals surface area (Å²) >= 11 is 0. The molecule has 0 bridgehead atoms. The first kappa shape index (κ1) is 19.5. The van der Waals surface area contributed by atoms with Crippen LogP contribution in [-0.2, 0) is 0 Å². The fourth-order valence-corrected chi connectivity index (χ4v) is 2.87. The highest BCUT2D eigenvalue weighted by atomic mass is 19.2. The molecule has 0 unspecified atom stereocenters. The van der Waals surface area contributed by atoms with Crippen LogP contribution in [0.5, 0.6) is 5.75 Å². The van der Waals surface area contributed by atoms with Crippen molar-refractivity contribution in [1.82, 2.24) is 9.80 Å². The molecule has 2 aromatic carbocycles. The molecule has 9 heteroatoms. The largest absolute Gasteiger partial charge is 0.497 e. The zero-order chi connectivity index (χ0) is 20.3. The third-order valence-electron chi connectivity index (χ3n) is 4.45. The van der Waals surface area contributed by atoms with Crippen LogP contribution in [0.3, 0.4) is 0 Å². The lowest BCUT2D eigenvalue weighted by Gasteiger charge is -2.34. The van der Waals surface area contributed by atoms with E-state index in [4.69, 9.17) is 4.74 Å². The summed E-state index contributed by atoms with van der Waals surface area (Å²) in [6, 6.07) is 7.79. The van der Waals surface area contributed by atoms with Crippen LogP contribution in [0.25, 0.3) is 0 Å². The monoisotopic (exact) mass is 393 g/mol. The molecule has 1 aliphatic heterocycles. The lowest BCUT2D eigenvalue weighted by Crippen LogP contribution is -2.51. The molecule has 0 spiro atoms. The number of nitrogens with one attached hydrogen (secondary N) is 1. The summed E-state index contributed by atoms with van der Waals surface area (Å²) in [7, 11) is 1.51. The predicted molar refractivity (Wildman–Crippen MR) is 95.8 cm³/mol. The second-order valence-corrected chi connectivity index (χ2v) is 6.16. The van der Waals surface area contributed by atoms with Crippen molar-refractivity contribution in [2.24, 2.45) is 0 Å². The van der Waals surface area contributed by atoms with Crippen LogP contribution in [0.2, 0.25) is 0 Å². The van der Waals surface area contributed by atoms with E-state index in [1.165, 1.54) is 12.0 Å². The Kier molecular flexibility index (Phi) is 5.72. The third kappa shape index (κ3) is 4.03. The van der Waals surface area contributed by atoms with E-state index in [0.29, 0.717) is 11.3 Å². The van der Waals surface area contributed by atoms with E-state index in [9.17, 15) is 22.8 Å². The maximum Gasteiger partial charge on any atom is 0.322 e. The predicted octanol–water partition coefficient (Wildman–Crippen LogP) is 3.10. The number of benzene rings is 2. The minimum absolute atomic E-state index is 0.189. The average molecular weight is 393 g/mol. The smallest absolute Gasteiger partial charge is 0.322 e. The molecule has 1 aliphatic rings. The minimum atomic E-state index is -1.65. The Bertz CT molecular complexity index is 899. The molecule has 0 aromatic heterocycles. The topological polar surface area (TPSA) is 61.9 Å². The third-order valence-corrected chi connectivity index (χ3v) is 4.45. The van der Waals surface area contributed by atoms with Crippen LogP contribution in [-0.4, -0.2) is 55.0 Å². The summed E-state index contributed by atoms with van der Waals surface area (Å²) < 4.78 is 45.1. The van der Waals surface area contributed by atoms with Gasteiger partial charge in [-0.1, -0.05) is 6.07 Å². The number of ether oxygens (including phenoxy) is 1. The summed E-state index contributed by atoms with van der Waals surface area (Å²) in [5, 5.41) is 2.22. The summed E-state index contributed by atoms with van der Waals surface area (Å²) in [5.41, 5.74) is 0.0277. The van der Waals surface area contributed by atoms with Crippen molar-refractivity contribution in [1.29, 1.82) is 0 Å². The van der Waals surface area contributed by atoms with Crippen molar-refractivity contribution >= 4 is 17.6 Å². The second kappa shape index (κ2) is 8.20. The van der Waals surface area contributed by atoms with Crippen LogP contribution in [0.1, 0.15) is 10.4 Å². The molecular weight excluding hydrogens is 375 g/mol. The van der Waals surface area contributed by atoms with Crippen molar-refractivity contribution in [2.45, 2.75) is 0 Å². The Labute approximate surface area is 159 Å². The molecular formula is C19H18F3N3O3. The van der Waals surface area contributed by atoms with E-state index in [1.54, 1.807) is 29.2 Å². The van der Waals surface area contributed by atoms with Gasteiger partial charge in [0.05, 0.1) is 12.8 Å². The van der Waals surface area contributed by atoms with Crippen LogP contribution < -0.4 is 10.1 Å². The van der Waals surface area contributed by atoms with Gasteiger partial charge >= 0.3 is 6.03 Å². The van der Waals surface area contributed by atoms with Crippen LogP contribution in [0.15, 0.2) is 36.4 Å². The molecule has 0 saturated carbocycles. The highest BCUT2D eigenvalue weighted by Gasteiger charge is 2.26. The Morgan fingerprint density at radius 3 is 2.32 bits per heavy atom. The molecule has 1 heterocycles. The fraction of sp³-hybridized carbons (Fsp3) is 0.263. The summed E-state index contributed by atoms with van der Waals surface area (Å²) in [6.45, 7) is 0.993. The molecule has 28 heavy (non-hydrogen) atoms. The maximum atomic E-state index is 13.7. The molecule has 0 atom stereocenters. The van der Waals surface area contributed by atoms with E-state index in [0.717, 1.165) is 12.1 Å². The minimum Gasteiger partial charge on any atom is -0.497 e. The fourth-order valence-electron chi connectivity index (χ4n) is 2.87. The first-order valence-corrected chi connectivity index (χ1v) is 8.53. The van der Waals surface area contributed by atoms with Gasteiger partial charge in [-0.3, -0.25) is 4.79 Å². The number of carbonyl (C=O) groups is 2. The molecule has 0 aliphatic carbocycles. The van der Waals surface area contributed by atoms with Gasteiger partial charge in [0, 0.05) is 31.7 Å².